The van der Waals surface area contributed by atoms with Crippen molar-refractivity contribution >= 4 is 5.78 Å². The molecule has 3 heterocycles. The van der Waals surface area contributed by atoms with E-state index in [1.807, 2.05) is 30.3 Å². The van der Waals surface area contributed by atoms with Crippen LogP contribution in [-0.4, -0.2) is 24.8 Å². The number of hydrogen-bond acceptors (Lipinski definition) is 5. The number of benzene rings is 1. The Balaban J connectivity index is 1.84. The third-order valence-electron chi connectivity index (χ3n) is 3.30. The molecule has 4 aromatic rings. The average molecular weight is 293 g/mol. The maximum atomic E-state index is 12.1. The molecule has 108 valence electrons. The Hall–Kier alpha value is -3.22. The van der Waals surface area contributed by atoms with E-state index >= 15 is 0 Å². The highest BCUT2D eigenvalue weighted by Crippen LogP contribution is 2.16. The number of fused-ring (bicyclic) bond motifs is 1. The number of nitrogens with one attached hydrogen (secondary N) is 1. The highest BCUT2D eigenvalue weighted by molar-refractivity contribution is 5.50. The molecule has 7 nitrogen and oxygen atoms in total. The molecular formula is C15H11N5O2. The minimum atomic E-state index is -0.269. The molecule has 0 amide bonds. The number of nitrogens with zero attached hydrogens (tertiary/aromatic N) is 4. The maximum absolute atomic E-state index is 12.1. The van der Waals surface area contributed by atoms with E-state index in [0.717, 1.165) is 5.56 Å². The predicted molar refractivity (Wildman–Crippen MR) is 78.4 cm³/mol. The van der Waals surface area contributed by atoms with Crippen molar-refractivity contribution in [3.63, 3.8) is 0 Å². The lowest BCUT2D eigenvalue weighted by molar-refractivity contribution is 0.574. The SMILES string of the molecule is O=c1[nH]c2nnc(-c3ccco3)n2nc1Cc1ccccc1. The van der Waals surface area contributed by atoms with Gasteiger partial charge < -0.3 is 4.42 Å². The summed E-state index contributed by atoms with van der Waals surface area (Å²) in [4.78, 5) is 14.8. The lowest BCUT2D eigenvalue weighted by atomic mass is 10.1. The highest BCUT2D eigenvalue weighted by atomic mass is 16.3. The van der Waals surface area contributed by atoms with E-state index in [1.165, 1.54) is 4.52 Å². The lowest BCUT2D eigenvalue weighted by Gasteiger charge is -2.01. The zero-order chi connectivity index (χ0) is 14.9. The van der Waals surface area contributed by atoms with Gasteiger partial charge in [0.05, 0.1) is 6.26 Å². The van der Waals surface area contributed by atoms with Crippen LogP contribution in [0.25, 0.3) is 17.4 Å². The van der Waals surface area contributed by atoms with Crippen molar-refractivity contribution in [2.45, 2.75) is 6.42 Å². The van der Waals surface area contributed by atoms with Crippen LogP contribution in [0.4, 0.5) is 0 Å². The van der Waals surface area contributed by atoms with Gasteiger partial charge in [-0.25, -0.2) is 0 Å². The largest absolute Gasteiger partial charge is 0.461 e. The Labute approximate surface area is 124 Å². The van der Waals surface area contributed by atoms with Gasteiger partial charge in [0.25, 0.3) is 11.3 Å². The van der Waals surface area contributed by atoms with Crippen LogP contribution in [0.15, 0.2) is 57.9 Å². The van der Waals surface area contributed by atoms with Gasteiger partial charge in [-0.05, 0) is 17.7 Å². The summed E-state index contributed by atoms with van der Waals surface area (Å²) in [6.07, 6.45) is 1.98. The van der Waals surface area contributed by atoms with Gasteiger partial charge in [-0.3, -0.25) is 9.78 Å². The topological polar surface area (TPSA) is 89.1 Å². The van der Waals surface area contributed by atoms with E-state index in [0.29, 0.717) is 23.7 Å². The fourth-order valence-electron chi connectivity index (χ4n) is 2.26. The van der Waals surface area contributed by atoms with Gasteiger partial charge >= 0.3 is 0 Å². The summed E-state index contributed by atoms with van der Waals surface area (Å²) in [5, 5.41) is 12.3. The van der Waals surface area contributed by atoms with Crippen LogP contribution >= 0.6 is 0 Å². The molecule has 1 aromatic carbocycles. The zero-order valence-electron chi connectivity index (χ0n) is 11.4. The molecule has 1 N–H and O–H groups in total. The molecule has 3 aromatic heterocycles. The van der Waals surface area contributed by atoms with Crippen molar-refractivity contribution in [1.82, 2.24) is 24.8 Å². The first kappa shape index (κ1) is 12.5. The zero-order valence-corrected chi connectivity index (χ0v) is 11.4. The summed E-state index contributed by atoms with van der Waals surface area (Å²) in [5.74, 6) is 1.27. The van der Waals surface area contributed by atoms with Crippen LogP contribution in [0.5, 0.6) is 0 Å². The lowest BCUT2D eigenvalue weighted by Crippen LogP contribution is -2.19. The second kappa shape index (κ2) is 4.96. The van der Waals surface area contributed by atoms with Crippen LogP contribution in [0, 0.1) is 0 Å². The standard InChI is InChI=1S/C15H11N5O2/c21-14-11(9-10-5-2-1-3-6-10)19-20-13(12-7-4-8-22-12)17-18-15(20)16-14/h1-8H,9H2,(H,16,18,21). The first-order valence-electron chi connectivity index (χ1n) is 6.74. The number of aromatic nitrogens is 5. The molecule has 0 fully saturated rings. The normalized spacial score (nSPS) is 11.1. The molecule has 0 aliphatic carbocycles. The van der Waals surface area contributed by atoms with Gasteiger partial charge in [0, 0.05) is 6.42 Å². The Kier molecular flexibility index (Phi) is 2.82. The summed E-state index contributed by atoms with van der Waals surface area (Å²) in [6, 6.07) is 13.2. The summed E-state index contributed by atoms with van der Waals surface area (Å²) >= 11 is 0. The number of hydrogen-bond donors (Lipinski definition) is 1. The van der Waals surface area contributed by atoms with Crippen LogP contribution < -0.4 is 5.56 Å². The first-order chi connectivity index (χ1) is 10.8. The van der Waals surface area contributed by atoms with Crippen molar-refractivity contribution in [2.24, 2.45) is 0 Å². The van der Waals surface area contributed by atoms with Crippen molar-refractivity contribution < 1.29 is 4.42 Å². The van der Waals surface area contributed by atoms with E-state index in [-0.39, 0.29) is 11.3 Å². The van der Waals surface area contributed by atoms with Crippen LogP contribution in [-0.2, 0) is 6.42 Å². The van der Waals surface area contributed by atoms with Crippen LogP contribution in [0.3, 0.4) is 0 Å². The Morgan fingerprint density at radius 3 is 2.73 bits per heavy atom. The smallest absolute Gasteiger partial charge is 0.274 e. The Morgan fingerprint density at radius 1 is 1.09 bits per heavy atom. The molecule has 22 heavy (non-hydrogen) atoms. The molecule has 0 aliphatic heterocycles. The molecule has 0 atom stereocenters. The quantitative estimate of drug-likeness (QED) is 0.620. The van der Waals surface area contributed by atoms with Gasteiger partial charge in [0.2, 0.25) is 5.82 Å². The van der Waals surface area contributed by atoms with Crippen molar-refractivity contribution in [1.29, 1.82) is 0 Å². The Bertz CT molecular complexity index is 970. The van der Waals surface area contributed by atoms with Gasteiger partial charge in [-0.15, -0.1) is 10.2 Å². The summed E-state index contributed by atoms with van der Waals surface area (Å²) < 4.78 is 6.80. The summed E-state index contributed by atoms with van der Waals surface area (Å²) in [7, 11) is 0. The summed E-state index contributed by atoms with van der Waals surface area (Å²) in [5.41, 5.74) is 1.13. The number of rotatable bonds is 3. The number of furan rings is 1. The second-order valence-electron chi connectivity index (χ2n) is 4.80. The molecule has 0 unspecified atom stereocenters. The maximum Gasteiger partial charge on any atom is 0.274 e. The average Bonchev–Trinajstić information content (AvgIpc) is 3.18. The fraction of sp³-hybridized carbons (Fsp3) is 0.0667. The molecule has 0 bridgehead atoms. The molecule has 7 heteroatoms. The van der Waals surface area contributed by atoms with Crippen LogP contribution in [0.2, 0.25) is 0 Å². The van der Waals surface area contributed by atoms with Crippen molar-refractivity contribution in [3.05, 3.63) is 70.3 Å². The predicted octanol–water partition coefficient (Wildman–Crippen LogP) is 1.66. The molecule has 0 spiro atoms. The van der Waals surface area contributed by atoms with E-state index in [4.69, 9.17) is 4.42 Å². The van der Waals surface area contributed by atoms with Gasteiger partial charge in [0.1, 0.15) is 5.69 Å². The van der Waals surface area contributed by atoms with Gasteiger partial charge in [-0.2, -0.15) is 9.61 Å². The van der Waals surface area contributed by atoms with E-state index in [1.54, 1.807) is 18.4 Å². The third kappa shape index (κ3) is 2.08. The monoisotopic (exact) mass is 293 g/mol. The fourth-order valence-corrected chi connectivity index (χ4v) is 2.26. The first-order valence-corrected chi connectivity index (χ1v) is 6.74. The van der Waals surface area contributed by atoms with E-state index < -0.39 is 0 Å². The summed E-state index contributed by atoms with van der Waals surface area (Å²) in [6.45, 7) is 0. The second-order valence-corrected chi connectivity index (χ2v) is 4.80. The molecule has 0 aliphatic rings. The molecule has 0 radical (unpaired) electrons. The molecule has 0 saturated carbocycles. The third-order valence-corrected chi connectivity index (χ3v) is 3.30. The molecule has 4 rings (SSSR count). The number of H-pyrrole nitrogens is 1. The van der Waals surface area contributed by atoms with Gasteiger partial charge in [0.15, 0.2) is 5.76 Å². The minimum Gasteiger partial charge on any atom is -0.461 e. The van der Waals surface area contributed by atoms with Crippen LogP contribution in [0.1, 0.15) is 11.3 Å². The van der Waals surface area contributed by atoms with Crippen molar-refractivity contribution in [3.8, 4) is 11.6 Å². The van der Waals surface area contributed by atoms with E-state index in [2.05, 4.69) is 20.3 Å². The Morgan fingerprint density at radius 2 is 1.95 bits per heavy atom. The van der Waals surface area contributed by atoms with E-state index in [9.17, 15) is 4.79 Å². The van der Waals surface area contributed by atoms with Gasteiger partial charge in [-0.1, -0.05) is 30.3 Å². The highest BCUT2D eigenvalue weighted by Gasteiger charge is 2.14. The number of aromatic amines is 1. The molecular weight excluding hydrogens is 282 g/mol. The van der Waals surface area contributed by atoms with Crippen molar-refractivity contribution in [2.75, 3.05) is 0 Å². The minimum absolute atomic E-state index is 0.269. The molecule has 0 saturated heterocycles.